The summed E-state index contributed by atoms with van der Waals surface area (Å²) in [6.07, 6.45) is 2.74. The quantitative estimate of drug-likeness (QED) is 0.634. The summed E-state index contributed by atoms with van der Waals surface area (Å²) in [6.45, 7) is 3.59. The molecule has 0 aliphatic heterocycles. The van der Waals surface area contributed by atoms with Gasteiger partial charge in [-0.15, -0.1) is 0 Å². The zero-order valence-electron chi connectivity index (χ0n) is 9.97. The van der Waals surface area contributed by atoms with E-state index in [1.165, 1.54) is 5.69 Å². The zero-order valence-corrected chi connectivity index (χ0v) is 9.97. The number of benzene rings is 1. The van der Waals surface area contributed by atoms with E-state index >= 15 is 0 Å². The lowest BCUT2D eigenvalue weighted by molar-refractivity contribution is 0.298. The van der Waals surface area contributed by atoms with E-state index < -0.39 is 0 Å². The van der Waals surface area contributed by atoms with Gasteiger partial charge in [-0.25, -0.2) is 0 Å². The van der Waals surface area contributed by atoms with Crippen molar-refractivity contribution in [3.8, 4) is 5.75 Å². The molecule has 4 nitrogen and oxygen atoms in total. The summed E-state index contributed by atoms with van der Waals surface area (Å²) in [5.74, 6) is 0.821. The fraction of sp³-hybridized carbons (Fsp3) is 0.308. The molecule has 4 heteroatoms. The van der Waals surface area contributed by atoms with Crippen molar-refractivity contribution in [1.82, 2.24) is 9.78 Å². The van der Waals surface area contributed by atoms with Crippen LogP contribution < -0.4 is 10.5 Å². The number of nitrogen functional groups attached to an aromatic ring is 1. The van der Waals surface area contributed by atoms with E-state index in [4.69, 9.17) is 10.5 Å². The van der Waals surface area contributed by atoms with Crippen LogP contribution in [-0.4, -0.2) is 16.4 Å². The first kappa shape index (κ1) is 11.5. The Morgan fingerprint density at radius 1 is 1.35 bits per heavy atom. The minimum atomic E-state index is 0.669. The second-order valence-electron chi connectivity index (χ2n) is 3.97. The molecule has 2 N–H and O–H groups in total. The van der Waals surface area contributed by atoms with Crippen LogP contribution in [0, 0.1) is 6.92 Å². The molecule has 0 bridgehead atoms. The van der Waals surface area contributed by atoms with E-state index in [9.17, 15) is 0 Å². The SMILES string of the molecule is Cc1ccnn1CCCOc1cccc(N)c1. The number of aromatic nitrogens is 2. The van der Waals surface area contributed by atoms with Crippen LogP contribution in [0.2, 0.25) is 0 Å². The first-order chi connectivity index (χ1) is 8.25. The molecule has 90 valence electrons. The van der Waals surface area contributed by atoms with Crippen molar-refractivity contribution >= 4 is 5.69 Å². The van der Waals surface area contributed by atoms with Crippen LogP contribution in [-0.2, 0) is 6.54 Å². The molecule has 2 rings (SSSR count). The normalized spacial score (nSPS) is 10.4. The van der Waals surface area contributed by atoms with Crippen molar-refractivity contribution < 1.29 is 4.74 Å². The molecule has 1 heterocycles. The molecule has 0 aliphatic carbocycles. The monoisotopic (exact) mass is 231 g/mol. The third kappa shape index (κ3) is 3.24. The lowest BCUT2D eigenvalue weighted by Gasteiger charge is -2.07. The van der Waals surface area contributed by atoms with Gasteiger partial charge in [0.2, 0.25) is 0 Å². The molecule has 0 saturated carbocycles. The van der Waals surface area contributed by atoms with Gasteiger partial charge >= 0.3 is 0 Å². The van der Waals surface area contributed by atoms with E-state index in [-0.39, 0.29) is 0 Å². The Kier molecular flexibility index (Phi) is 3.65. The predicted molar refractivity (Wildman–Crippen MR) is 67.9 cm³/mol. The van der Waals surface area contributed by atoms with Gasteiger partial charge in [0, 0.05) is 36.6 Å². The summed E-state index contributed by atoms with van der Waals surface area (Å²) in [7, 11) is 0. The smallest absolute Gasteiger partial charge is 0.121 e. The number of nitrogens with two attached hydrogens (primary N) is 1. The van der Waals surface area contributed by atoms with Crippen molar-refractivity contribution in [2.75, 3.05) is 12.3 Å². The fourth-order valence-electron chi connectivity index (χ4n) is 1.64. The van der Waals surface area contributed by atoms with E-state index in [0.717, 1.165) is 24.4 Å². The summed E-state index contributed by atoms with van der Waals surface area (Å²) in [4.78, 5) is 0. The van der Waals surface area contributed by atoms with E-state index in [2.05, 4.69) is 5.10 Å². The summed E-state index contributed by atoms with van der Waals surface area (Å²) in [5, 5.41) is 4.22. The number of aryl methyl sites for hydroxylation is 2. The summed E-state index contributed by atoms with van der Waals surface area (Å²) < 4.78 is 7.58. The summed E-state index contributed by atoms with van der Waals surface area (Å²) in [5.41, 5.74) is 7.57. The third-order valence-electron chi connectivity index (χ3n) is 2.57. The highest BCUT2D eigenvalue weighted by Gasteiger charge is 1.98. The van der Waals surface area contributed by atoms with Crippen molar-refractivity contribution in [3.63, 3.8) is 0 Å². The van der Waals surface area contributed by atoms with Gasteiger partial charge in [-0.1, -0.05) is 6.07 Å². The highest BCUT2D eigenvalue weighted by Crippen LogP contribution is 2.14. The summed E-state index contributed by atoms with van der Waals surface area (Å²) >= 11 is 0. The van der Waals surface area contributed by atoms with Crippen LogP contribution in [0.15, 0.2) is 36.5 Å². The number of rotatable bonds is 5. The van der Waals surface area contributed by atoms with Gasteiger partial charge in [-0.05, 0) is 25.1 Å². The topological polar surface area (TPSA) is 53.1 Å². The zero-order chi connectivity index (χ0) is 12.1. The Labute approximate surface area is 101 Å². The molecular formula is C13H17N3O. The molecule has 0 saturated heterocycles. The molecule has 0 radical (unpaired) electrons. The van der Waals surface area contributed by atoms with Gasteiger partial charge in [0.05, 0.1) is 6.61 Å². The summed E-state index contributed by atoms with van der Waals surface area (Å²) in [6, 6.07) is 9.48. The van der Waals surface area contributed by atoms with Crippen LogP contribution in [0.3, 0.4) is 0 Å². The average molecular weight is 231 g/mol. The standard InChI is InChI=1S/C13H17N3O/c1-11-6-7-15-16(11)8-3-9-17-13-5-2-4-12(14)10-13/h2,4-7,10H,3,8-9,14H2,1H3. The van der Waals surface area contributed by atoms with Crippen LogP contribution in [0.4, 0.5) is 5.69 Å². The lowest BCUT2D eigenvalue weighted by Crippen LogP contribution is -2.07. The van der Waals surface area contributed by atoms with Crippen LogP contribution >= 0.6 is 0 Å². The van der Waals surface area contributed by atoms with Crippen molar-refractivity contribution in [2.45, 2.75) is 19.9 Å². The second kappa shape index (κ2) is 5.39. The number of anilines is 1. The van der Waals surface area contributed by atoms with Crippen LogP contribution in [0.5, 0.6) is 5.75 Å². The van der Waals surface area contributed by atoms with Gasteiger partial charge < -0.3 is 10.5 Å². The van der Waals surface area contributed by atoms with Gasteiger partial charge in [0.1, 0.15) is 5.75 Å². The third-order valence-corrected chi connectivity index (χ3v) is 2.57. The second-order valence-corrected chi connectivity index (χ2v) is 3.97. The number of nitrogens with zero attached hydrogens (tertiary/aromatic N) is 2. The largest absolute Gasteiger partial charge is 0.493 e. The van der Waals surface area contributed by atoms with Crippen LogP contribution in [0.25, 0.3) is 0 Å². The Morgan fingerprint density at radius 2 is 2.24 bits per heavy atom. The molecule has 0 amide bonds. The van der Waals surface area contributed by atoms with E-state index in [1.54, 1.807) is 0 Å². The van der Waals surface area contributed by atoms with Gasteiger partial charge in [-0.3, -0.25) is 4.68 Å². The lowest BCUT2D eigenvalue weighted by atomic mass is 10.3. The maximum absolute atomic E-state index is 5.67. The van der Waals surface area contributed by atoms with Gasteiger partial charge in [-0.2, -0.15) is 5.10 Å². The Bertz CT molecular complexity index is 479. The van der Waals surface area contributed by atoms with Crippen LogP contribution in [0.1, 0.15) is 12.1 Å². The van der Waals surface area contributed by atoms with Gasteiger partial charge in [0.15, 0.2) is 0 Å². The highest BCUT2D eigenvalue weighted by molar-refractivity contribution is 5.43. The number of hydrogen-bond donors (Lipinski definition) is 1. The van der Waals surface area contributed by atoms with Gasteiger partial charge in [0.25, 0.3) is 0 Å². The minimum absolute atomic E-state index is 0.669. The number of ether oxygens (including phenoxy) is 1. The first-order valence-corrected chi connectivity index (χ1v) is 5.72. The molecule has 1 aromatic heterocycles. The highest BCUT2D eigenvalue weighted by atomic mass is 16.5. The van der Waals surface area contributed by atoms with E-state index in [0.29, 0.717) is 6.61 Å². The minimum Gasteiger partial charge on any atom is -0.493 e. The molecule has 0 spiro atoms. The Morgan fingerprint density at radius 3 is 2.94 bits per heavy atom. The van der Waals surface area contributed by atoms with Crippen molar-refractivity contribution in [1.29, 1.82) is 0 Å². The van der Waals surface area contributed by atoms with Crippen molar-refractivity contribution in [2.24, 2.45) is 0 Å². The maximum atomic E-state index is 5.67. The Hall–Kier alpha value is -1.97. The first-order valence-electron chi connectivity index (χ1n) is 5.72. The molecule has 1 aromatic carbocycles. The molecule has 2 aromatic rings. The molecule has 0 fully saturated rings. The Balaban J connectivity index is 1.75. The van der Waals surface area contributed by atoms with Crippen molar-refractivity contribution in [3.05, 3.63) is 42.2 Å². The molecular weight excluding hydrogens is 214 g/mol. The molecule has 17 heavy (non-hydrogen) atoms. The average Bonchev–Trinajstić information content (AvgIpc) is 2.71. The molecule has 0 aliphatic rings. The molecule has 0 unspecified atom stereocenters. The number of hydrogen-bond acceptors (Lipinski definition) is 3. The maximum Gasteiger partial charge on any atom is 0.121 e. The fourth-order valence-corrected chi connectivity index (χ4v) is 1.64. The predicted octanol–water partition coefficient (Wildman–Crippen LogP) is 2.24. The van der Waals surface area contributed by atoms with E-state index in [1.807, 2.05) is 48.1 Å². The molecule has 0 atom stereocenters.